The molecule has 0 bridgehead atoms. The van der Waals surface area contributed by atoms with Crippen LogP contribution in [0.15, 0.2) is 52.9 Å². The molecule has 0 aliphatic carbocycles. The van der Waals surface area contributed by atoms with Gasteiger partial charge >= 0.3 is 0 Å². The topological polar surface area (TPSA) is 109 Å². The molecule has 174 valence electrons. The molecule has 33 heavy (non-hydrogen) atoms. The maximum Gasteiger partial charge on any atom is 0.266 e. The highest BCUT2D eigenvalue weighted by atomic mass is 32.2. The third-order valence-electron chi connectivity index (χ3n) is 5.21. The van der Waals surface area contributed by atoms with Crippen LogP contribution in [0.25, 0.3) is 6.08 Å². The van der Waals surface area contributed by atoms with Crippen LogP contribution in [0.5, 0.6) is 11.5 Å². The molecule has 1 aliphatic rings. The molecule has 2 aromatic carbocycles. The summed E-state index contributed by atoms with van der Waals surface area (Å²) in [4.78, 5) is 12.8. The average molecular weight is 470 g/mol. The smallest absolute Gasteiger partial charge is 0.266 e. The van der Waals surface area contributed by atoms with Crippen molar-refractivity contribution in [3.63, 3.8) is 0 Å². The number of methoxy groups -OCH3 is 1. The highest BCUT2D eigenvalue weighted by Gasteiger charge is 2.26. The third-order valence-corrected chi connectivity index (χ3v) is 7.10. The molecule has 1 saturated heterocycles. The summed E-state index contributed by atoms with van der Waals surface area (Å²) in [7, 11) is -2.11. The van der Waals surface area contributed by atoms with Gasteiger partial charge in [0.05, 0.1) is 18.6 Å². The maximum atomic E-state index is 12.9. The fourth-order valence-electron chi connectivity index (χ4n) is 3.55. The van der Waals surface area contributed by atoms with Crippen molar-refractivity contribution in [2.45, 2.75) is 31.1 Å². The Bertz CT molecular complexity index is 1180. The summed E-state index contributed by atoms with van der Waals surface area (Å²) in [5, 5.41) is 12.1. The minimum absolute atomic E-state index is 0.112. The quantitative estimate of drug-likeness (QED) is 0.465. The monoisotopic (exact) mass is 469 g/mol. The van der Waals surface area contributed by atoms with Crippen molar-refractivity contribution in [1.82, 2.24) is 4.31 Å². The number of nitrogens with one attached hydrogen (secondary N) is 1. The zero-order valence-corrected chi connectivity index (χ0v) is 19.5. The molecule has 0 unspecified atom stereocenters. The van der Waals surface area contributed by atoms with Gasteiger partial charge in [-0.05, 0) is 61.7 Å². The Morgan fingerprint density at radius 2 is 1.91 bits per heavy atom. The molecular weight excluding hydrogens is 442 g/mol. The Balaban J connectivity index is 1.81. The summed E-state index contributed by atoms with van der Waals surface area (Å²) >= 11 is 0. The zero-order chi connectivity index (χ0) is 23.8. The van der Waals surface area contributed by atoms with Crippen molar-refractivity contribution in [1.29, 1.82) is 5.26 Å². The van der Waals surface area contributed by atoms with Gasteiger partial charge in [0.15, 0.2) is 11.5 Å². The van der Waals surface area contributed by atoms with Crippen LogP contribution in [0.4, 0.5) is 5.69 Å². The van der Waals surface area contributed by atoms with Gasteiger partial charge in [-0.2, -0.15) is 9.57 Å². The number of anilines is 1. The van der Waals surface area contributed by atoms with Crippen molar-refractivity contribution in [3.05, 3.63) is 53.6 Å². The number of rotatable bonds is 8. The number of nitriles is 1. The maximum absolute atomic E-state index is 12.9. The highest BCUT2D eigenvalue weighted by Crippen LogP contribution is 2.29. The van der Waals surface area contributed by atoms with Crippen LogP contribution < -0.4 is 14.8 Å². The predicted molar refractivity (Wildman–Crippen MR) is 125 cm³/mol. The van der Waals surface area contributed by atoms with Gasteiger partial charge in [0, 0.05) is 18.8 Å². The standard InChI is InChI=1S/C24H27N3O5S/c1-3-32-23-15-18(10-11-22(23)31-2)14-19(17-25)24(28)26-20-8-7-9-21(16-20)33(29,30)27-12-5-4-6-13-27/h7-11,14-16H,3-6,12-13H2,1-2H3,(H,26,28)/b19-14+. The first-order chi connectivity index (χ1) is 15.9. The number of hydrogen-bond donors (Lipinski definition) is 1. The number of ether oxygens (including phenoxy) is 2. The number of hydrogen-bond acceptors (Lipinski definition) is 6. The molecule has 1 N–H and O–H groups in total. The molecule has 9 heteroatoms. The zero-order valence-electron chi connectivity index (χ0n) is 18.7. The van der Waals surface area contributed by atoms with Gasteiger partial charge in [0.1, 0.15) is 11.6 Å². The number of sulfonamides is 1. The Labute approximate surface area is 194 Å². The first kappa shape index (κ1) is 24.3. The molecule has 1 amide bonds. The van der Waals surface area contributed by atoms with E-state index in [1.54, 1.807) is 30.3 Å². The van der Waals surface area contributed by atoms with Crippen molar-refractivity contribution in [2.75, 3.05) is 32.1 Å². The fourth-order valence-corrected chi connectivity index (χ4v) is 5.12. The van der Waals surface area contributed by atoms with Crippen LogP contribution in [-0.2, 0) is 14.8 Å². The lowest BCUT2D eigenvalue weighted by atomic mass is 10.1. The lowest BCUT2D eigenvalue weighted by Crippen LogP contribution is -2.35. The molecule has 0 aromatic heterocycles. The van der Waals surface area contributed by atoms with Gasteiger partial charge in [0.25, 0.3) is 5.91 Å². The van der Waals surface area contributed by atoms with Gasteiger partial charge < -0.3 is 14.8 Å². The molecule has 1 heterocycles. The van der Waals surface area contributed by atoms with E-state index in [0.29, 0.717) is 42.4 Å². The molecule has 0 spiro atoms. The van der Waals surface area contributed by atoms with Crippen molar-refractivity contribution in [2.24, 2.45) is 0 Å². The summed E-state index contributed by atoms with van der Waals surface area (Å²) < 4.78 is 38.1. The van der Waals surface area contributed by atoms with E-state index in [9.17, 15) is 18.5 Å². The first-order valence-corrected chi connectivity index (χ1v) is 12.2. The Hall–Kier alpha value is -3.35. The first-order valence-electron chi connectivity index (χ1n) is 10.7. The van der Waals surface area contributed by atoms with Crippen LogP contribution in [0.3, 0.4) is 0 Å². The molecule has 1 aliphatic heterocycles. The average Bonchev–Trinajstić information content (AvgIpc) is 2.83. The van der Waals surface area contributed by atoms with E-state index < -0.39 is 15.9 Å². The third kappa shape index (κ3) is 5.92. The molecule has 0 saturated carbocycles. The Morgan fingerprint density at radius 3 is 2.58 bits per heavy atom. The predicted octanol–water partition coefficient (Wildman–Crippen LogP) is 3.81. The Morgan fingerprint density at radius 1 is 1.15 bits per heavy atom. The van der Waals surface area contributed by atoms with Gasteiger partial charge in [-0.15, -0.1) is 0 Å². The molecule has 1 fully saturated rings. The van der Waals surface area contributed by atoms with Crippen molar-refractivity contribution >= 4 is 27.7 Å². The van der Waals surface area contributed by atoms with E-state index in [0.717, 1.165) is 19.3 Å². The summed E-state index contributed by atoms with van der Waals surface area (Å²) in [6.07, 6.45) is 4.13. The summed E-state index contributed by atoms with van der Waals surface area (Å²) in [5.41, 5.74) is 0.753. The SMILES string of the molecule is CCOc1cc(/C=C(\C#N)C(=O)Nc2cccc(S(=O)(=O)N3CCCCC3)c2)ccc1OC. The molecular formula is C24H27N3O5S. The second kappa shape index (κ2) is 11.0. The van der Waals surface area contributed by atoms with Gasteiger partial charge in [-0.1, -0.05) is 18.6 Å². The highest BCUT2D eigenvalue weighted by molar-refractivity contribution is 7.89. The van der Waals surface area contributed by atoms with Gasteiger partial charge in [-0.25, -0.2) is 8.42 Å². The number of carbonyl (C=O) groups excluding carboxylic acids is 1. The van der Waals surface area contributed by atoms with E-state index in [4.69, 9.17) is 9.47 Å². The number of amides is 1. The second-order valence-electron chi connectivity index (χ2n) is 7.46. The van der Waals surface area contributed by atoms with E-state index >= 15 is 0 Å². The number of benzene rings is 2. The number of piperidine rings is 1. The van der Waals surface area contributed by atoms with E-state index in [2.05, 4.69) is 5.32 Å². The minimum Gasteiger partial charge on any atom is -0.493 e. The van der Waals surface area contributed by atoms with Gasteiger partial charge in [0.2, 0.25) is 10.0 Å². The number of nitrogens with zero attached hydrogens (tertiary/aromatic N) is 2. The molecule has 0 radical (unpaired) electrons. The minimum atomic E-state index is -3.63. The summed E-state index contributed by atoms with van der Waals surface area (Å²) in [6.45, 7) is 3.26. The van der Waals surface area contributed by atoms with Gasteiger partial charge in [-0.3, -0.25) is 4.79 Å². The van der Waals surface area contributed by atoms with Crippen molar-refractivity contribution < 1.29 is 22.7 Å². The second-order valence-corrected chi connectivity index (χ2v) is 9.40. The molecule has 8 nitrogen and oxygen atoms in total. The van der Waals surface area contributed by atoms with Crippen LogP contribution in [0.2, 0.25) is 0 Å². The van der Waals surface area contributed by atoms with Crippen molar-refractivity contribution in [3.8, 4) is 17.6 Å². The molecule has 2 aromatic rings. The largest absolute Gasteiger partial charge is 0.493 e. The summed E-state index contributed by atoms with van der Waals surface area (Å²) in [6, 6.07) is 13.1. The van der Waals surface area contributed by atoms with E-state index in [1.807, 2.05) is 13.0 Å². The lowest BCUT2D eigenvalue weighted by Gasteiger charge is -2.26. The number of carbonyl (C=O) groups is 1. The summed E-state index contributed by atoms with van der Waals surface area (Å²) in [5.74, 6) is 0.407. The van der Waals surface area contributed by atoms with Crippen LogP contribution in [0, 0.1) is 11.3 Å². The van der Waals surface area contributed by atoms with E-state index in [1.165, 1.54) is 29.6 Å². The van der Waals surface area contributed by atoms with Crippen LogP contribution in [-0.4, -0.2) is 45.4 Å². The van der Waals surface area contributed by atoms with Crippen LogP contribution >= 0.6 is 0 Å². The normalized spacial score (nSPS) is 14.9. The molecule has 3 rings (SSSR count). The van der Waals surface area contributed by atoms with E-state index in [-0.39, 0.29) is 10.5 Å². The fraction of sp³-hybridized carbons (Fsp3) is 0.333. The Kier molecular flexibility index (Phi) is 8.09. The lowest BCUT2D eigenvalue weighted by molar-refractivity contribution is -0.112. The molecule has 0 atom stereocenters. The van der Waals surface area contributed by atoms with Crippen LogP contribution in [0.1, 0.15) is 31.7 Å².